The smallest absolute Gasteiger partial charge is 0.144 e. The summed E-state index contributed by atoms with van der Waals surface area (Å²) >= 11 is 0. The topological polar surface area (TPSA) is 67.4 Å². The molecule has 7 heteroatoms. The molecule has 28 heavy (non-hydrogen) atoms. The number of halogens is 1. The van der Waals surface area contributed by atoms with Crippen LogP contribution in [-0.2, 0) is 6.54 Å². The van der Waals surface area contributed by atoms with E-state index < -0.39 is 0 Å². The zero-order chi connectivity index (χ0) is 19.1. The summed E-state index contributed by atoms with van der Waals surface area (Å²) in [5.41, 5.74) is 4.05. The van der Waals surface area contributed by atoms with E-state index >= 15 is 0 Å². The number of benzene rings is 2. The van der Waals surface area contributed by atoms with Crippen molar-refractivity contribution in [1.29, 1.82) is 0 Å². The molecular formula is C21H16FN5O. The molecule has 0 atom stereocenters. The van der Waals surface area contributed by atoms with E-state index in [9.17, 15) is 9.50 Å². The van der Waals surface area contributed by atoms with Crippen LogP contribution in [-0.4, -0.2) is 24.5 Å². The minimum Gasteiger partial charge on any atom is -0.506 e. The summed E-state index contributed by atoms with van der Waals surface area (Å²) in [4.78, 5) is 0. The number of aromatic hydroxyl groups is 1. The van der Waals surface area contributed by atoms with E-state index in [1.54, 1.807) is 35.2 Å². The first-order chi connectivity index (χ1) is 13.7. The third-order valence-corrected chi connectivity index (χ3v) is 4.67. The van der Waals surface area contributed by atoms with Gasteiger partial charge in [-0.25, -0.2) is 8.91 Å². The number of nitrogens with one attached hydrogen (secondary N) is 1. The average Bonchev–Trinajstić information content (AvgIpc) is 3.26. The second kappa shape index (κ2) is 6.38. The molecule has 2 N–H and O–H groups in total. The molecule has 0 bridgehead atoms. The Balaban J connectivity index is 1.47. The van der Waals surface area contributed by atoms with E-state index in [1.807, 2.05) is 35.0 Å². The number of rotatable bonds is 4. The van der Waals surface area contributed by atoms with Crippen LogP contribution >= 0.6 is 0 Å². The van der Waals surface area contributed by atoms with E-state index in [-0.39, 0.29) is 11.6 Å². The van der Waals surface area contributed by atoms with Gasteiger partial charge in [0, 0.05) is 29.5 Å². The highest BCUT2D eigenvalue weighted by molar-refractivity contribution is 5.87. The van der Waals surface area contributed by atoms with Crippen molar-refractivity contribution in [2.75, 3.05) is 5.32 Å². The predicted molar refractivity (Wildman–Crippen MR) is 105 cm³/mol. The molecule has 3 aromatic heterocycles. The van der Waals surface area contributed by atoms with Crippen LogP contribution in [0.1, 0.15) is 5.56 Å². The number of nitrogens with zero attached hydrogens (tertiary/aromatic N) is 4. The van der Waals surface area contributed by atoms with Crippen LogP contribution in [0, 0.1) is 5.82 Å². The second-order valence-electron chi connectivity index (χ2n) is 6.57. The number of fused-ring (bicyclic) bond motifs is 2. The first-order valence-corrected chi connectivity index (χ1v) is 8.80. The van der Waals surface area contributed by atoms with Crippen molar-refractivity contribution < 1.29 is 9.50 Å². The molecule has 6 nitrogen and oxygen atoms in total. The Morgan fingerprint density at radius 1 is 1.04 bits per heavy atom. The van der Waals surface area contributed by atoms with E-state index in [0.29, 0.717) is 12.1 Å². The van der Waals surface area contributed by atoms with E-state index in [0.717, 1.165) is 27.8 Å². The van der Waals surface area contributed by atoms with Crippen molar-refractivity contribution in [2.24, 2.45) is 0 Å². The van der Waals surface area contributed by atoms with Crippen LogP contribution in [0.2, 0.25) is 0 Å². The number of anilines is 2. The zero-order valence-corrected chi connectivity index (χ0v) is 14.7. The molecule has 0 unspecified atom stereocenters. The van der Waals surface area contributed by atoms with Crippen molar-refractivity contribution in [3.8, 4) is 5.75 Å². The first kappa shape index (κ1) is 16.3. The standard InChI is InChI=1S/C21H16FN5O/c22-16-3-1-2-14(10-16)13-27-19-5-4-17(11-15(19)12-24-27)25-18-6-8-23-26-9-7-20(28)21(18)26/h1-12,25,28H,13H2. The summed E-state index contributed by atoms with van der Waals surface area (Å²) < 4.78 is 16.9. The lowest BCUT2D eigenvalue weighted by Crippen LogP contribution is -2.01. The Kier molecular flexibility index (Phi) is 3.72. The molecule has 0 fully saturated rings. The van der Waals surface area contributed by atoms with Gasteiger partial charge in [0.05, 0.1) is 23.9 Å². The van der Waals surface area contributed by atoms with Crippen LogP contribution in [0.25, 0.3) is 16.4 Å². The molecular weight excluding hydrogens is 357 g/mol. The normalized spacial score (nSPS) is 11.3. The lowest BCUT2D eigenvalue weighted by Gasteiger charge is -2.09. The number of aromatic nitrogens is 4. The van der Waals surface area contributed by atoms with Crippen molar-refractivity contribution in [3.05, 3.63) is 84.6 Å². The van der Waals surface area contributed by atoms with Gasteiger partial charge < -0.3 is 10.4 Å². The highest BCUT2D eigenvalue weighted by Crippen LogP contribution is 2.30. The van der Waals surface area contributed by atoms with Gasteiger partial charge in [-0.2, -0.15) is 10.2 Å². The monoisotopic (exact) mass is 373 g/mol. The van der Waals surface area contributed by atoms with Gasteiger partial charge in [-0.1, -0.05) is 12.1 Å². The molecule has 0 saturated carbocycles. The average molecular weight is 373 g/mol. The fraction of sp³-hybridized carbons (Fsp3) is 0.0476. The quantitative estimate of drug-likeness (QED) is 0.492. The Labute approximate surface area is 159 Å². The van der Waals surface area contributed by atoms with Crippen LogP contribution < -0.4 is 5.32 Å². The summed E-state index contributed by atoms with van der Waals surface area (Å²) in [7, 11) is 0. The van der Waals surface area contributed by atoms with Crippen molar-refractivity contribution in [2.45, 2.75) is 6.54 Å². The zero-order valence-electron chi connectivity index (χ0n) is 14.7. The highest BCUT2D eigenvalue weighted by atomic mass is 19.1. The fourth-order valence-corrected chi connectivity index (χ4v) is 3.38. The van der Waals surface area contributed by atoms with Gasteiger partial charge in [0.25, 0.3) is 0 Å². The summed E-state index contributed by atoms with van der Waals surface area (Å²) in [6.45, 7) is 0.497. The largest absolute Gasteiger partial charge is 0.506 e. The van der Waals surface area contributed by atoms with Gasteiger partial charge in [-0.15, -0.1) is 0 Å². The summed E-state index contributed by atoms with van der Waals surface area (Å²) in [6, 6.07) is 15.9. The Hall–Kier alpha value is -3.87. The van der Waals surface area contributed by atoms with Gasteiger partial charge in [0.15, 0.2) is 0 Å². The fourth-order valence-electron chi connectivity index (χ4n) is 3.38. The van der Waals surface area contributed by atoms with Gasteiger partial charge in [-0.05, 0) is 42.0 Å². The molecule has 5 rings (SSSR count). The minimum atomic E-state index is -0.252. The van der Waals surface area contributed by atoms with Gasteiger partial charge >= 0.3 is 0 Å². The maximum absolute atomic E-state index is 13.4. The molecule has 5 aromatic rings. The molecule has 0 aliphatic rings. The van der Waals surface area contributed by atoms with Crippen LogP contribution in [0.15, 0.2) is 73.2 Å². The molecule has 0 saturated heterocycles. The SMILES string of the molecule is Oc1ccn2nccc(Nc3ccc4c(cnn4Cc4cccc(F)c4)c3)c12. The molecule has 0 radical (unpaired) electrons. The lowest BCUT2D eigenvalue weighted by atomic mass is 10.2. The van der Waals surface area contributed by atoms with E-state index in [4.69, 9.17) is 0 Å². The molecule has 0 spiro atoms. The third-order valence-electron chi connectivity index (χ3n) is 4.67. The van der Waals surface area contributed by atoms with Gasteiger partial charge in [0.2, 0.25) is 0 Å². The summed E-state index contributed by atoms with van der Waals surface area (Å²) in [5, 5.41) is 23.0. The maximum Gasteiger partial charge on any atom is 0.144 e. The predicted octanol–water partition coefficient (Wildman–Crippen LogP) is 4.32. The van der Waals surface area contributed by atoms with Crippen LogP contribution in [0.5, 0.6) is 5.75 Å². The van der Waals surface area contributed by atoms with Crippen molar-refractivity contribution in [3.63, 3.8) is 0 Å². The summed E-state index contributed by atoms with van der Waals surface area (Å²) in [5.74, 6) is -0.0858. The summed E-state index contributed by atoms with van der Waals surface area (Å²) in [6.07, 6.45) is 5.16. The number of hydrogen-bond acceptors (Lipinski definition) is 4. The molecule has 138 valence electrons. The Bertz CT molecular complexity index is 1310. The minimum absolute atomic E-state index is 0.166. The Morgan fingerprint density at radius 2 is 1.96 bits per heavy atom. The number of hydrogen-bond donors (Lipinski definition) is 2. The third kappa shape index (κ3) is 2.83. The molecule has 2 aromatic carbocycles. The highest BCUT2D eigenvalue weighted by Gasteiger charge is 2.09. The van der Waals surface area contributed by atoms with Gasteiger partial charge in [0.1, 0.15) is 17.1 Å². The molecule has 0 aliphatic heterocycles. The molecule has 0 amide bonds. The lowest BCUT2D eigenvalue weighted by molar-refractivity contribution is 0.482. The van der Waals surface area contributed by atoms with Crippen molar-refractivity contribution >= 4 is 27.8 Å². The first-order valence-electron chi connectivity index (χ1n) is 8.80. The molecule has 0 aliphatic carbocycles. The van der Waals surface area contributed by atoms with E-state index in [1.165, 1.54) is 12.1 Å². The van der Waals surface area contributed by atoms with Crippen molar-refractivity contribution in [1.82, 2.24) is 19.4 Å². The maximum atomic E-state index is 13.4. The second-order valence-corrected chi connectivity index (χ2v) is 6.57. The molecule has 3 heterocycles. The van der Waals surface area contributed by atoms with Crippen LogP contribution in [0.3, 0.4) is 0 Å². The van der Waals surface area contributed by atoms with Crippen LogP contribution in [0.4, 0.5) is 15.8 Å². The Morgan fingerprint density at radius 3 is 2.86 bits per heavy atom. The van der Waals surface area contributed by atoms with Gasteiger partial charge in [-0.3, -0.25) is 4.68 Å². The van der Waals surface area contributed by atoms with E-state index in [2.05, 4.69) is 15.5 Å².